The van der Waals surface area contributed by atoms with Crippen LogP contribution < -0.4 is 5.32 Å². The molecule has 1 N–H and O–H groups in total. The summed E-state index contributed by atoms with van der Waals surface area (Å²) in [6.07, 6.45) is 0. The van der Waals surface area contributed by atoms with E-state index >= 15 is 0 Å². The number of anilines is 1. The van der Waals surface area contributed by atoms with Gasteiger partial charge in [0.05, 0.1) is 4.92 Å². The van der Waals surface area contributed by atoms with Crippen molar-refractivity contribution in [3.8, 4) is 0 Å². The zero-order valence-electron chi connectivity index (χ0n) is 11.5. The Bertz CT molecular complexity index is 729. The van der Waals surface area contributed by atoms with Gasteiger partial charge in [-0.05, 0) is 49.2 Å². The van der Waals surface area contributed by atoms with Gasteiger partial charge in [-0.1, -0.05) is 15.9 Å². The van der Waals surface area contributed by atoms with E-state index in [1.165, 1.54) is 12.1 Å². The summed E-state index contributed by atoms with van der Waals surface area (Å²) in [7, 11) is 0. The molecule has 2 aromatic carbocycles. The molecule has 0 aliphatic heterocycles. The average Bonchev–Trinajstić information content (AvgIpc) is 2.41. The Kier molecular flexibility index (Phi) is 4.37. The molecule has 0 aliphatic rings. The summed E-state index contributed by atoms with van der Waals surface area (Å²) >= 11 is 3.35. The van der Waals surface area contributed by atoms with Crippen molar-refractivity contribution >= 4 is 33.2 Å². The van der Waals surface area contributed by atoms with Gasteiger partial charge in [0, 0.05) is 27.9 Å². The maximum Gasteiger partial charge on any atom is 0.270 e. The second-order valence-corrected chi connectivity index (χ2v) is 5.64. The number of benzene rings is 2. The number of nitro benzene ring substituents is 1. The van der Waals surface area contributed by atoms with Crippen molar-refractivity contribution in [1.82, 2.24) is 0 Å². The summed E-state index contributed by atoms with van der Waals surface area (Å²) in [4.78, 5) is 22.6. The molecule has 5 nitrogen and oxygen atoms in total. The van der Waals surface area contributed by atoms with E-state index in [1.54, 1.807) is 19.1 Å². The Morgan fingerprint density at radius 3 is 2.52 bits per heavy atom. The normalized spacial score (nSPS) is 10.2. The first kappa shape index (κ1) is 15.2. The lowest BCUT2D eigenvalue weighted by Gasteiger charge is -2.09. The lowest BCUT2D eigenvalue weighted by molar-refractivity contribution is -0.384. The Labute approximate surface area is 130 Å². The van der Waals surface area contributed by atoms with Crippen LogP contribution in [0.1, 0.15) is 21.5 Å². The van der Waals surface area contributed by atoms with Crippen LogP contribution in [0.2, 0.25) is 0 Å². The summed E-state index contributed by atoms with van der Waals surface area (Å²) in [6, 6.07) is 9.81. The van der Waals surface area contributed by atoms with Gasteiger partial charge in [0.2, 0.25) is 0 Å². The van der Waals surface area contributed by atoms with E-state index in [-0.39, 0.29) is 17.2 Å². The summed E-state index contributed by atoms with van der Waals surface area (Å²) in [5.74, 6) is -0.368. The molecule has 2 rings (SSSR count). The van der Waals surface area contributed by atoms with Gasteiger partial charge < -0.3 is 5.32 Å². The topological polar surface area (TPSA) is 72.2 Å². The van der Waals surface area contributed by atoms with Gasteiger partial charge in [0.15, 0.2) is 0 Å². The Hall–Kier alpha value is -2.21. The van der Waals surface area contributed by atoms with Crippen molar-refractivity contribution in [1.29, 1.82) is 0 Å². The highest BCUT2D eigenvalue weighted by molar-refractivity contribution is 9.10. The number of amides is 1. The largest absolute Gasteiger partial charge is 0.322 e. The molecule has 0 radical (unpaired) electrons. The summed E-state index contributed by atoms with van der Waals surface area (Å²) in [5, 5.41) is 13.6. The van der Waals surface area contributed by atoms with Crippen LogP contribution in [-0.2, 0) is 0 Å². The third-order valence-electron chi connectivity index (χ3n) is 2.97. The van der Waals surface area contributed by atoms with Gasteiger partial charge >= 0.3 is 0 Å². The highest BCUT2D eigenvalue weighted by atomic mass is 79.9. The first-order valence-electron chi connectivity index (χ1n) is 6.20. The van der Waals surface area contributed by atoms with Crippen LogP contribution in [0.25, 0.3) is 0 Å². The molecule has 0 bridgehead atoms. The smallest absolute Gasteiger partial charge is 0.270 e. The van der Waals surface area contributed by atoms with Crippen molar-refractivity contribution in [2.75, 3.05) is 5.32 Å². The lowest BCUT2D eigenvalue weighted by Crippen LogP contribution is -2.13. The highest BCUT2D eigenvalue weighted by Crippen LogP contribution is 2.22. The molecule has 0 atom stereocenters. The minimum absolute atomic E-state index is 0.0901. The van der Waals surface area contributed by atoms with Gasteiger partial charge in [-0.3, -0.25) is 14.9 Å². The second kappa shape index (κ2) is 6.05. The third-order valence-corrected chi connectivity index (χ3v) is 3.47. The van der Waals surface area contributed by atoms with Crippen LogP contribution in [0.15, 0.2) is 40.9 Å². The Balaban J connectivity index is 2.30. The van der Waals surface area contributed by atoms with Gasteiger partial charge in [-0.25, -0.2) is 0 Å². The van der Waals surface area contributed by atoms with Gasteiger partial charge in [0.25, 0.3) is 11.6 Å². The number of halogens is 1. The molecule has 1 amide bonds. The Morgan fingerprint density at radius 1 is 1.19 bits per heavy atom. The van der Waals surface area contributed by atoms with Gasteiger partial charge in [0.1, 0.15) is 0 Å². The molecular weight excluding hydrogens is 336 g/mol. The van der Waals surface area contributed by atoms with E-state index < -0.39 is 4.92 Å². The molecule has 0 spiro atoms. The van der Waals surface area contributed by atoms with E-state index in [1.807, 2.05) is 19.1 Å². The molecule has 21 heavy (non-hydrogen) atoms. The number of hydrogen-bond donors (Lipinski definition) is 1. The fraction of sp³-hybridized carbons (Fsp3) is 0.133. The minimum Gasteiger partial charge on any atom is -0.322 e. The zero-order valence-corrected chi connectivity index (χ0v) is 13.1. The number of nitro groups is 1. The maximum atomic E-state index is 12.2. The number of nitrogens with one attached hydrogen (secondary N) is 1. The molecule has 0 heterocycles. The minimum atomic E-state index is -0.505. The number of carbonyl (C=O) groups excluding carboxylic acids is 1. The average molecular weight is 349 g/mol. The first-order valence-corrected chi connectivity index (χ1v) is 6.99. The predicted molar refractivity (Wildman–Crippen MR) is 84.7 cm³/mol. The lowest BCUT2D eigenvalue weighted by atomic mass is 10.1. The van der Waals surface area contributed by atoms with Gasteiger partial charge in [-0.15, -0.1) is 0 Å². The molecule has 0 unspecified atom stereocenters. The molecule has 2 aromatic rings. The number of nitrogens with zero attached hydrogens (tertiary/aromatic N) is 1. The van der Waals surface area contributed by atoms with E-state index in [9.17, 15) is 14.9 Å². The van der Waals surface area contributed by atoms with Crippen LogP contribution in [0.4, 0.5) is 11.4 Å². The van der Waals surface area contributed by atoms with Crippen LogP contribution in [-0.4, -0.2) is 10.8 Å². The van der Waals surface area contributed by atoms with E-state index in [2.05, 4.69) is 21.2 Å². The third kappa shape index (κ3) is 3.66. The van der Waals surface area contributed by atoms with Crippen molar-refractivity contribution in [3.05, 3.63) is 67.7 Å². The van der Waals surface area contributed by atoms with E-state index in [0.29, 0.717) is 11.3 Å². The number of aryl methyl sites for hydroxylation is 2. The molecule has 0 fully saturated rings. The van der Waals surface area contributed by atoms with Crippen LogP contribution in [0, 0.1) is 24.0 Å². The molecule has 6 heteroatoms. The molecule has 108 valence electrons. The predicted octanol–water partition coefficient (Wildman–Crippen LogP) is 4.23. The maximum absolute atomic E-state index is 12.2. The summed E-state index contributed by atoms with van der Waals surface area (Å²) in [5.41, 5.74) is 2.42. The van der Waals surface area contributed by atoms with E-state index in [0.717, 1.165) is 10.0 Å². The quantitative estimate of drug-likeness (QED) is 0.666. The van der Waals surface area contributed by atoms with Crippen molar-refractivity contribution < 1.29 is 9.72 Å². The summed E-state index contributed by atoms with van der Waals surface area (Å²) in [6.45, 7) is 3.59. The monoisotopic (exact) mass is 348 g/mol. The Morgan fingerprint density at radius 2 is 1.90 bits per heavy atom. The number of carbonyl (C=O) groups is 1. The number of hydrogen-bond acceptors (Lipinski definition) is 3. The highest BCUT2D eigenvalue weighted by Gasteiger charge is 2.14. The number of non-ortho nitro benzene ring substituents is 1. The van der Waals surface area contributed by atoms with Gasteiger partial charge in [-0.2, -0.15) is 0 Å². The van der Waals surface area contributed by atoms with Crippen LogP contribution in [0.5, 0.6) is 0 Å². The SMILES string of the molecule is Cc1cc(C(=O)Nc2ccc(Br)cc2C)cc([N+](=O)[O-])c1. The van der Waals surface area contributed by atoms with Crippen molar-refractivity contribution in [3.63, 3.8) is 0 Å². The fourth-order valence-electron chi connectivity index (χ4n) is 1.96. The molecular formula is C15H13BrN2O3. The summed E-state index contributed by atoms with van der Waals surface area (Å²) < 4.78 is 0.921. The first-order chi connectivity index (χ1) is 9.86. The molecule has 0 aliphatic carbocycles. The molecule has 0 saturated heterocycles. The molecule has 0 aromatic heterocycles. The van der Waals surface area contributed by atoms with Crippen molar-refractivity contribution in [2.24, 2.45) is 0 Å². The van der Waals surface area contributed by atoms with Crippen molar-refractivity contribution in [2.45, 2.75) is 13.8 Å². The number of rotatable bonds is 3. The van der Waals surface area contributed by atoms with Crippen LogP contribution >= 0.6 is 15.9 Å². The van der Waals surface area contributed by atoms with Crippen LogP contribution in [0.3, 0.4) is 0 Å². The fourth-order valence-corrected chi connectivity index (χ4v) is 2.44. The second-order valence-electron chi connectivity index (χ2n) is 4.73. The zero-order chi connectivity index (χ0) is 15.6. The van der Waals surface area contributed by atoms with E-state index in [4.69, 9.17) is 0 Å². The molecule has 0 saturated carbocycles. The standard InChI is InChI=1S/C15H13BrN2O3/c1-9-5-11(8-13(6-9)18(20)21)15(19)17-14-4-3-12(16)7-10(14)2/h3-8H,1-2H3,(H,17,19).